The van der Waals surface area contributed by atoms with Crippen molar-refractivity contribution in [1.29, 1.82) is 0 Å². The van der Waals surface area contributed by atoms with Gasteiger partial charge < -0.3 is 19.7 Å². The third-order valence-electron chi connectivity index (χ3n) is 4.84. The number of hydrogen-bond donors (Lipinski definition) is 2. The van der Waals surface area contributed by atoms with Gasteiger partial charge in [-0.25, -0.2) is 14.4 Å². The molecule has 36 heavy (non-hydrogen) atoms. The van der Waals surface area contributed by atoms with Crippen LogP contribution in [0.4, 0.5) is 23.4 Å². The highest BCUT2D eigenvalue weighted by molar-refractivity contribution is 5.66. The smallest absolute Gasteiger partial charge is 0.430 e. The van der Waals surface area contributed by atoms with Gasteiger partial charge in [0.05, 0.1) is 12.2 Å². The van der Waals surface area contributed by atoms with Crippen LogP contribution in [0, 0.1) is 5.82 Å². The van der Waals surface area contributed by atoms with Gasteiger partial charge in [0.2, 0.25) is 6.10 Å². The Morgan fingerprint density at radius 3 is 2.67 bits per heavy atom. The zero-order valence-corrected chi connectivity index (χ0v) is 18.5. The molecule has 0 saturated heterocycles. The Bertz CT molecular complexity index is 1340. The highest BCUT2D eigenvalue weighted by atomic mass is 19.4. The molecule has 0 amide bonds. The van der Waals surface area contributed by atoms with E-state index in [1.807, 2.05) is 0 Å². The van der Waals surface area contributed by atoms with Crippen LogP contribution in [0.2, 0.25) is 0 Å². The molecule has 0 aliphatic rings. The molecular formula is C22H18F4N6O4. The van der Waals surface area contributed by atoms with Gasteiger partial charge in [0.1, 0.15) is 29.3 Å². The van der Waals surface area contributed by atoms with Gasteiger partial charge in [-0.3, -0.25) is 9.48 Å². The van der Waals surface area contributed by atoms with E-state index in [1.54, 1.807) is 30.3 Å². The largest absolute Gasteiger partial charge is 0.448 e. The third kappa shape index (κ3) is 5.66. The summed E-state index contributed by atoms with van der Waals surface area (Å²) in [5, 5.41) is 20.5. The van der Waals surface area contributed by atoms with Crippen LogP contribution in [0.1, 0.15) is 12.5 Å². The van der Waals surface area contributed by atoms with Crippen LogP contribution in [0.3, 0.4) is 0 Å². The first kappa shape index (κ1) is 24.8. The summed E-state index contributed by atoms with van der Waals surface area (Å²) >= 11 is 0. The molecule has 2 atom stereocenters. The molecule has 2 N–H and O–H groups in total. The minimum Gasteiger partial charge on any atom is -0.448 e. The van der Waals surface area contributed by atoms with E-state index in [0.29, 0.717) is 17.0 Å². The standard InChI is InChI=1S/C22H18F4N6O4/c1-12(33)36-19(22(24,25)26)21(34)29-18-6-8-27-20(28-18)16-10-17(15-7-9-35-31-15)32(30-16)11-13-4-2-3-5-14(13)23/h2-10,19,21,34H,11H2,1H3,(H,27,28,29)/t19-,21?/m0/s1. The number of rotatable bonds is 8. The van der Waals surface area contributed by atoms with E-state index in [4.69, 9.17) is 4.52 Å². The number of alkyl halides is 3. The summed E-state index contributed by atoms with van der Waals surface area (Å²) in [5.41, 5.74) is 1.37. The predicted molar refractivity (Wildman–Crippen MR) is 115 cm³/mol. The summed E-state index contributed by atoms with van der Waals surface area (Å²) in [5.74, 6) is -1.87. The van der Waals surface area contributed by atoms with Gasteiger partial charge in [0.15, 0.2) is 12.1 Å². The second-order valence-corrected chi connectivity index (χ2v) is 7.47. The van der Waals surface area contributed by atoms with Crippen LogP contribution in [0.15, 0.2) is 59.4 Å². The number of nitrogens with zero attached hydrogens (tertiary/aromatic N) is 5. The topological polar surface area (TPSA) is 128 Å². The number of hydrogen-bond acceptors (Lipinski definition) is 9. The van der Waals surface area contributed by atoms with Gasteiger partial charge in [0, 0.05) is 24.8 Å². The molecule has 0 saturated carbocycles. The van der Waals surface area contributed by atoms with E-state index in [-0.39, 0.29) is 23.9 Å². The van der Waals surface area contributed by atoms with Crippen molar-refractivity contribution >= 4 is 11.8 Å². The zero-order valence-electron chi connectivity index (χ0n) is 18.5. The van der Waals surface area contributed by atoms with Gasteiger partial charge in [-0.2, -0.15) is 18.3 Å². The summed E-state index contributed by atoms with van der Waals surface area (Å²) in [6.07, 6.45) is -7.63. The molecule has 14 heteroatoms. The van der Waals surface area contributed by atoms with Gasteiger partial charge in [-0.15, -0.1) is 0 Å². The Morgan fingerprint density at radius 2 is 2.00 bits per heavy atom. The molecule has 0 aliphatic heterocycles. The number of carbonyl (C=O) groups excluding carboxylic acids is 1. The quantitative estimate of drug-likeness (QED) is 0.210. The van der Waals surface area contributed by atoms with Gasteiger partial charge in [0.25, 0.3) is 0 Å². The van der Waals surface area contributed by atoms with Gasteiger partial charge >= 0.3 is 12.1 Å². The van der Waals surface area contributed by atoms with Crippen LogP contribution in [-0.4, -0.2) is 54.5 Å². The molecule has 3 aromatic heterocycles. The van der Waals surface area contributed by atoms with Crippen LogP contribution in [0.25, 0.3) is 22.9 Å². The van der Waals surface area contributed by atoms with Crippen molar-refractivity contribution in [2.75, 3.05) is 5.32 Å². The Labute approximate surface area is 200 Å². The highest BCUT2D eigenvalue weighted by Crippen LogP contribution is 2.28. The number of anilines is 1. The molecule has 3 heterocycles. The molecule has 4 rings (SSSR count). The van der Waals surface area contributed by atoms with Crippen LogP contribution < -0.4 is 5.32 Å². The molecule has 0 spiro atoms. The van der Waals surface area contributed by atoms with E-state index >= 15 is 0 Å². The number of ether oxygens (including phenoxy) is 1. The summed E-state index contributed by atoms with van der Waals surface area (Å²) in [6, 6.07) is 10.5. The summed E-state index contributed by atoms with van der Waals surface area (Å²) in [6.45, 7) is 0.819. The lowest BCUT2D eigenvalue weighted by Crippen LogP contribution is -2.47. The molecule has 188 valence electrons. The number of aliphatic hydroxyl groups excluding tert-OH is 1. The Balaban J connectivity index is 1.64. The van der Waals surface area contributed by atoms with Crippen molar-refractivity contribution in [3.63, 3.8) is 0 Å². The van der Waals surface area contributed by atoms with Crippen molar-refractivity contribution in [2.45, 2.75) is 32.0 Å². The lowest BCUT2D eigenvalue weighted by Gasteiger charge is -2.25. The number of benzene rings is 1. The predicted octanol–water partition coefficient (Wildman–Crippen LogP) is 3.41. The molecule has 4 aromatic rings. The number of aromatic nitrogens is 5. The molecule has 1 unspecified atom stereocenters. The average Bonchev–Trinajstić information content (AvgIpc) is 3.48. The Morgan fingerprint density at radius 1 is 1.22 bits per heavy atom. The second kappa shape index (κ2) is 10.1. The maximum absolute atomic E-state index is 14.2. The molecule has 1 aromatic carbocycles. The SMILES string of the molecule is CC(=O)O[C@@H](C(O)Nc1ccnc(-c2cc(-c3ccon3)n(Cc3ccccc3F)n2)n1)C(F)(F)F. The fourth-order valence-corrected chi connectivity index (χ4v) is 3.26. The van der Waals surface area contributed by atoms with Crippen molar-refractivity contribution in [1.82, 2.24) is 24.9 Å². The molecule has 0 aliphatic carbocycles. The number of halogens is 4. The Hall–Kier alpha value is -4.33. The number of nitrogens with one attached hydrogen (secondary N) is 1. The first-order valence-corrected chi connectivity index (χ1v) is 10.4. The fraction of sp³-hybridized carbons (Fsp3) is 0.227. The summed E-state index contributed by atoms with van der Waals surface area (Å²) in [4.78, 5) is 19.2. The fourth-order valence-electron chi connectivity index (χ4n) is 3.26. The highest BCUT2D eigenvalue weighted by Gasteiger charge is 2.47. The van der Waals surface area contributed by atoms with Crippen molar-refractivity contribution in [2.24, 2.45) is 0 Å². The number of aliphatic hydroxyl groups is 1. The molecule has 0 fully saturated rings. The van der Waals surface area contributed by atoms with E-state index in [2.05, 4.69) is 30.3 Å². The van der Waals surface area contributed by atoms with Gasteiger partial charge in [-0.05, 0) is 18.2 Å². The minimum absolute atomic E-state index is 0.0136. The average molecular weight is 506 g/mol. The first-order valence-electron chi connectivity index (χ1n) is 10.4. The summed E-state index contributed by atoms with van der Waals surface area (Å²) in [7, 11) is 0. The van der Waals surface area contributed by atoms with Crippen molar-refractivity contribution in [3.8, 4) is 22.9 Å². The van der Waals surface area contributed by atoms with E-state index in [9.17, 15) is 27.5 Å². The summed E-state index contributed by atoms with van der Waals surface area (Å²) < 4.78 is 64.4. The number of esters is 1. The van der Waals surface area contributed by atoms with Gasteiger partial charge in [-0.1, -0.05) is 23.4 Å². The van der Waals surface area contributed by atoms with Crippen LogP contribution in [0.5, 0.6) is 0 Å². The normalized spacial score (nSPS) is 13.3. The van der Waals surface area contributed by atoms with E-state index < -0.39 is 30.3 Å². The zero-order chi connectivity index (χ0) is 25.9. The monoisotopic (exact) mass is 506 g/mol. The third-order valence-corrected chi connectivity index (χ3v) is 4.84. The Kier molecular flexibility index (Phi) is 6.96. The van der Waals surface area contributed by atoms with E-state index in [1.165, 1.54) is 29.3 Å². The van der Waals surface area contributed by atoms with Crippen molar-refractivity contribution in [3.05, 3.63) is 66.3 Å². The van der Waals surface area contributed by atoms with Crippen molar-refractivity contribution < 1.29 is 36.7 Å². The van der Waals surface area contributed by atoms with Crippen LogP contribution >= 0.6 is 0 Å². The maximum atomic E-state index is 14.2. The van der Waals surface area contributed by atoms with Crippen LogP contribution in [-0.2, 0) is 16.1 Å². The molecule has 0 bridgehead atoms. The number of carbonyl (C=O) groups is 1. The molecule has 0 radical (unpaired) electrons. The lowest BCUT2D eigenvalue weighted by atomic mass is 10.2. The maximum Gasteiger partial charge on any atom is 0.430 e. The first-order chi connectivity index (χ1) is 17.1. The minimum atomic E-state index is -5.04. The second-order valence-electron chi connectivity index (χ2n) is 7.47. The van der Waals surface area contributed by atoms with E-state index in [0.717, 1.165) is 6.92 Å². The lowest BCUT2D eigenvalue weighted by molar-refractivity contribution is -0.238. The molecular weight excluding hydrogens is 488 g/mol. The molecule has 10 nitrogen and oxygen atoms in total.